The third kappa shape index (κ3) is 2.51. The lowest BCUT2D eigenvalue weighted by atomic mass is 10.1. The fourth-order valence-electron chi connectivity index (χ4n) is 1.78. The van der Waals surface area contributed by atoms with E-state index in [0.717, 1.165) is 17.6 Å². The molecule has 0 fully saturated rings. The minimum Gasteiger partial charge on any atom is -0.396 e. The number of anilines is 2. The van der Waals surface area contributed by atoms with E-state index in [2.05, 4.69) is 37.7 Å². The van der Waals surface area contributed by atoms with Gasteiger partial charge in [0.15, 0.2) is 5.65 Å². The zero-order valence-corrected chi connectivity index (χ0v) is 10.6. The van der Waals surface area contributed by atoms with Gasteiger partial charge in [-0.15, -0.1) is 0 Å². The van der Waals surface area contributed by atoms with Crippen molar-refractivity contribution in [3.8, 4) is 0 Å². The summed E-state index contributed by atoms with van der Waals surface area (Å²) in [5, 5.41) is 22.9. The maximum Gasteiger partial charge on any atom is 0.226 e. The molecule has 0 aromatic carbocycles. The van der Waals surface area contributed by atoms with E-state index in [0.29, 0.717) is 18.0 Å². The number of fused-ring (bicyclic) bond motifs is 1. The molecule has 0 aliphatic heterocycles. The Hall–Kier alpha value is -1.89. The van der Waals surface area contributed by atoms with E-state index in [9.17, 15) is 0 Å². The number of nitrogens with one attached hydrogen (secondary N) is 3. The van der Waals surface area contributed by atoms with Crippen molar-refractivity contribution in [2.24, 2.45) is 0 Å². The van der Waals surface area contributed by atoms with Gasteiger partial charge >= 0.3 is 0 Å². The van der Waals surface area contributed by atoms with Crippen LogP contribution < -0.4 is 10.6 Å². The molecule has 0 aliphatic carbocycles. The fourth-order valence-corrected chi connectivity index (χ4v) is 1.78. The second kappa shape index (κ2) is 5.63. The van der Waals surface area contributed by atoms with E-state index in [-0.39, 0.29) is 12.6 Å². The molecular weight excluding hydrogens is 232 g/mol. The molecule has 2 rings (SSSR count). The molecule has 0 bridgehead atoms. The lowest BCUT2D eigenvalue weighted by Gasteiger charge is -2.17. The molecule has 18 heavy (non-hydrogen) atoms. The van der Waals surface area contributed by atoms with E-state index in [4.69, 9.17) is 5.11 Å². The lowest BCUT2D eigenvalue weighted by Crippen LogP contribution is -2.21. The molecule has 98 valence electrons. The highest BCUT2D eigenvalue weighted by molar-refractivity contribution is 5.87. The molecule has 0 amide bonds. The Kier molecular flexibility index (Phi) is 3.93. The van der Waals surface area contributed by atoms with Gasteiger partial charge in [0.2, 0.25) is 5.95 Å². The highest BCUT2D eigenvalue weighted by Crippen LogP contribution is 2.21. The monoisotopic (exact) mass is 250 g/mol. The van der Waals surface area contributed by atoms with Gasteiger partial charge < -0.3 is 15.7 Å². The summed E-state index contributed by atoms with van der Waals surface area (Å²) in [6.07, 6.45) is 3.30. The van der Waals surface area contributed by atoms with Crippen LogP contribution in [0.3, 0.4) is 0 Å². The number of aromatic amines is 1. The van der Waals surface area contributed by atoms with Gasteiger partial charge in [0.05, 0.1) is 11.6 Å². The summed E-state index contributed by atoms with van der Waals surface area (Å²) < 4.78 is 0. The Morgan fingerprint density at radius 1 is 1.44 bits per heavy atom. The summed E-state index contributed by atoms with van der Waals surface area (Å²) in [5.41, 5.74) is 0.690. The summed E-state index contributed by atoms with van der Waals surface area (Å²) in [7, 11) is 1.77. The van der Waals surface area contributed by atoms with Crippen molar-refractivity contribution >= 4 is 22.8 Å². The molecule has 0 saturated carbocycles. The van der Waals surface area contributed by atoms with Crippen molar-refractivity contribution in [1.82, 2.24) is 20.2 Å². The van der Waals surface area contributed by atoms with Crippen LogP contribution in [0, 0.1) is 0 Å². The molecule has 0 aliphatic rings. The third-order valence-corrected chi connectivity index (χ3v) is 2.84. The second-order valence-corrected chi connectivity index (χ2v) is 4.04. The van der Waals surface area contributed by atoms with Crippen molar-refractivity contribution in [3.63, 3.8) is 0 Å². The Labute approximate surface area is 105 Å². The van der Waals surface area contributed by atoms with Gasteiger partial charge in [-0.25, -0.2) is 0 Å². The number of rotatable bonds is 6. The highest BCUT2D eigenvalue weighted by Gasteiger charge is 2.12. The topological polar surface area (TPSA) is 98.7 Å². The average molecular weight is 250 g/mol. The van der Waals surface area contributed by atoms with Crippen LogP contribution in [0.5, 0.6) is 0 Å². The fraction of sp³-hybridized carbons (Fsp3) is 0.545. The van der Waals surface area contributed by atoms with Gasteiger partial charge in [-0.05, 0) is 12.8 Å². The first-order valence-corrected chi connectivity index (χ1v) is 6.04. The molecule has 2 aromatic heterocycles. The zero-order chi connectivity index (χ0) is 13.0. The zero-order valence-electron chi connectivity index (χ0n) is 10.6. The van der Waals surface area contributed by atoms with E-state index in [1.165, 1.54) is 0 Å². The molecule has 4 N–H and O–H groups in total. The Morgan fingerprint density at radius 2 is 2.28 bits per heavy atom. The number of nitrogens with zero attached hydrogens (tertiary/aromatic N) is 3. The summed E-state index contributed by atoms with van der Waals surface area (Å²) in [6.45, 7) is 2.23. The summed E-state index contributed by atoms with van der Waals surface area (Å²) in [4.78, 5) is 8.65. The Bertz CT molecular complexity index is 511. The SMILES string of the molecule is CCC(CCO)Nc1nc(NC)nc2[nH]ncc12. The molecule has 7 heteroatoms. The minimum absolute atomic E-state index is 0.157. The second-order valence-electron chi connectivity index (χ2n) is 4.04. The van der Waals surface area contributed by atoms with Crippen LogP contribution in [0.1, 0.15) is 19.8 Å². The van der Waals surface area contributed by atoms with Gasteiger partial charge in [-0.1, -0.05) is 6.92 Å². The van der Waals surface area contributed by atoms with E-state index >= 15 is 0 Å². The summed E-state index contributed by atoms with van der Waals surface area (Å²) in [6, 6.07) is 0.188. The molecule has 2 aromatic rings. The van der Waals surface area contributed by atoms with Crippen LogP contribution in [0.2, 0.25) is 0 Å². The molecule has 0 spiro atoms. The normalized spacial score (nSPS) is 12.6. The van der Waals surface area contributed by atoms with Gasteiger partial charge in [0, 0.05) is 19.7 Å². The van der Waals surface area contributed by atoms with Crippen LogP contribution in [-0.2, 0) is 0 Å². The van der Waals surface area contributed by atoms with Crippen LogP contribution in [0.4, 0.5) is 11.8 Å². The van der Waals surface area contributed by atoms with Gasteiger partial charge in [0.25, 0.3) is 0 Å². The predicted molar refractivity (Wildman–Crippen MR) is 70.6 cm³/mol. The average Bonchev–Trinajstić information content (AvgIpc) is 2.86. The van der Waals surface area contributed by atoms with Crippen molar-refractivity contribution in [3.05, 3.63) is 6.20 Å². The first-order chi connectivity index (χ1) is 8.78. The van der Waals surface area contributed by atoms with Gasteiger partial charge in [-0.2, -0.15) is 15.1 Å². The quantitative estimate of drug-likeness (QED) is 0.609. The predicted octanol–water partition coefficient (Wildman–Crippen LogP) is 0.967. The molecular formula is C11H18N6O. The van der Waals surface area contributed by atoms with Crippen LogP contribution >= 0.6 is 0 Å². The minimum atomic E-state index is 0.157. The smallest absolute Gasteiger partial charge is 0.226 e. The van der Waals surface area contributed by atoms with E-state index < -0.39 is 0 Å². The van der Waals surface area contributed by atoms with Crippen molar-refractivity contribution in [2.75, 3.05) is 24.3 Å². The number of hydrogen-bond acceptors (Lipinski definition) is 6. The van der Waals surface area contributed by atoms with E-state index in [1.54, 1.807) is 13.2 Å². The Morgan fingerprint density at radius 3 is 2.94 bits per heavy atom. The molecule has 0 radical (unpaired) electrons. The number of aromatic nitrogens is 4. The standard InChI is InChI=1S/C11H18N6O/c1-3-7(4-5-18)14-9-8-6-13-17-10(8)16-11(12-2)15-9/h6-7,18H,3-5H2,1-2H3,(H3,12,13,14,15,16,17). The largest absolute Gasteiger partial charge is 0.396 e. The van der Waals surface area contributed by atoms with Crippen LogP contribution in [-0.4, -0.2) is 45.0 Å². The Balaban J connectivity index is 2.32. The van der Waals surface area contributed by atoms with Crippen molar-refractivity contribution in [2.45, 2.75) is 25.8 Å². The lowest BCUT2D eigenvalue weighted by molar-refractivity contribution is 0.278. The third-order valence-electron chi connectivity index (χ3n) is 2.84. The highest BCUT2D eigenvalue weighted by atomic mass is 16.3. The number of hydrogen-bond donors (Lipinski definition) is 4. The number of H-pyrrole nitrogens is 1. The van der Waals surface area contributed by atoms with Crippen LogP contribution in [0.15, 0.2) is 6.20 Å². The molecule has 0 saturated heterocycles. The maximum atomic E-state index is 9.02. The molecule has 1 atom stereocenters. The maximum absolute atomic E-state index is 9.02. The first-order valence-electron chi connectivity index (χ1n) is 6.04. The molecule has 1 unspecified atom stereocenters. The van der Waals surface area contributed by atoms with Crippen LogP contribution in [0.25, 0.3) is 11.0 Å². The number of aliphatic hydroxyl groups is 1. The summed E-state index contributed by atoms with van der Waals surface area (Å²) >= 11 is 0. The van der Waals surface area contributed by atoms with E-state index in [1.807, 2.05) is 0 Å². The van der Waals surface area contributed by atoms with Crippen molar-refractivity contribution in [1.29, 1.82) is 0 Å². The van der Waals surface area contributed by atoms with Gasteiger partial charge in [0.1, 0.15) is 5.82 Å². The number of aliphatic hydroxyl groups excluding tert-OH is 1. The first kappa shape index (κ1) is 12.6. The van der Waals surface area contributed by atoms with Gasteiger partial charge in [-0.3, -0.25) is 5.10 Å². The molecule has 2 heterocycles. The molecule has 7 nitrogen and oxygen atoms in total. The van der Waals surface area contributed by atoms with Crippen molar-refractivity contribution < 1.29 is 5.11 Å². The summed E-state index contributed by atoms with van der Waals surface area (Å²) in [5.74, 6) is 1.27.